The van der Waals surface area contributed by atoms with Crippen molar-refractivity contribution in [1.82, 2.24) is 4.98 Å². The smallest absolute Gasteiger partial charge is 0.225 e. The van der Waals surface area contributed by atoms with Gasteiger partial charge in [-0.25, -0.2) is 4.98 Å². The Morgan fingerprint density at radius 3 is 2.83 bits per heavy atom. The van der Waals surface area contributed by atoms with Crippen molar-refractivity contribution in [2.24, 2.45) is 0 Å². The Kier molecular flexibility index (Phi) is 5.38. The number of carbonyl (C=O) groups excluding carboxylic acids is 1. The van der Waals surface area contributed by atoms with E-state index in [0.29, 0.717) is 17.2 Å². The molecule has 1 heterocycles. The van der Waals surface area contributed by atoms with Crippen LogP contribution in [0, 0.1) is 6.92 Å². The second-order valence-corrected chi connectivity index (χ2v) is 6.92. The van der Waals surface area contributed by atoms with Crippen LogP contribution in [0.15, 0.2) is 59.6 Å². The van der Waals surface area contributed by atoms with E-state index < -0.39 is 0 Å². The van der Waals surface area contributed by atoms with Gasteiger partial charge >= 0.3 is 0 Å². The zero-order valence-electron chi connectivity index (χ0n) is 13.3. The van der Waals surface area contributed by atoms with Crippen molar-refractivity contribution in [2.75, 3.05) is 11.1 Å². The first kappa shape index (κ1) is 16.8. The number of hydrogen-bond acceptors (Lipinski definition) is 3. The third-order valence-electron chi connectivity index (χ3n) is 3.69. The average Bonchev–Trinajstić information content (AvgIpc) is 2.59. The van der Waals surface area contributed by atoms with Crippen LogP contribution in [-0.2, 0) is 4.79 Å². The van der Waals surface area contributed by atoms with Crippen LogP contribution in [0.4, 0.5) is 5.69 Å². The molecule has 0 fully saturated rings. The van der Waals surface area contributed by atoms with Gasteiger partial charge in [0, 0.05) is 28.3 Å². The third-order valence-corrected chi connectivity index (χ3v) is 5.03. The van der Waals surface area contributed by atoms with Crippen molar-refractivity contribution in [3.63, 3.8) is 0 Å². The fourth-order valence-corrected chi connectivity index (χ4v) is 3.33. The second-order valence-electron chi connectivity index (χ2n) is 5.40. The second kappa shape index (κ2) is 7.69. The van der Waals surface area contributed by atoms with Crippen LogP contribution in [0.25, 0.3) is 10.9 Å². The van der Waals surface area contributed by atoms with E-state index in [4.69, 9.17) is 11.6 Å². The zero-order valence-corrected chi connectivity index (χ0v) is 14.8. The van der Waals surface area contributed by atoms with E-state index >= 15 is 0 Å². The van der Waals surface area contributed by atoms with E-state index in [1.54, 1.807) is 11.8 Å². The molecule has 2 aromatic carbocycles. The van der Waals surface area contributed by atoms with Crippen molar-refractivity contribution >= 4 is 45.9 Å². The summed E-state index contributed by atoms with van der Waals surface area (Å²) in [6.07, 6.45) is 0.422. The molecule has 1 aromatic heterocycles. The first-order valence-electron chi connectivity index (χ1n) is 7.67. The molecular weight excluding hydrogens is 340 g/mol. The Balaban J connectivity index is 1.55. The average molecular weight is 357 g/mol. The summed E-state index contributed by atoms with van der Waals surface area (Å²) in [5, 5.41) is 5.62. The molecule has 0 atom stereocenters. The lowest BCUT2D eigenvalue weighted by Gasteiger charge is -2.09. The number of benzene rings is 2. The quantitative estimate of drug-likeness (QED) is 0.629. The molecular formula is C19H17ClN2OS. The summed E-state index contributed by atoms with van der Waals surface area (Å²) in [5.74, 6) is 0.658. The highest BCUT2D eigenvalue weighted by molar-refractivity contribution is 7.99. The summed E-state index contributed by atoms with van der Waals surface area (Å²) < 4.78 is 0. The number of nitrogens with one attached hydrogen (secondary N) is 1. The molecule has 3 aromatic rings. The Morgan fingerprint density at radius 1 is 1.12 bits per heavy atom. The Labute approximate surface area is 150 Å². The fourth-order valence-electron chi connectivity index (χ4n) is 2.33. The Morgan fingerprint density at radius 2 is 1.96 bits per heavy atom. The lowest BCUT2D eigenvalue weighted by Crippen LogP contribution is -2.13. The van der Waals surface area contributed by atoms with Crippen LogP contribution in [0.2, 0.25) is 5.02 Å². The highest BCUT2D eigenvalue weighted by Gasteiger charge is 2.07. The fraction of sp³-hybridized carbons (Fsp3) is 0.158. The van der Waals surface area contributed by atoms with Crippen LogP contribution >= 0.6 is 23.4 Å². The van der Waals surface area contributed by atoms with Crippen LogP contribution in [0.5, 0.6) is 0 Å². The standard InChI is InChI=1S/C19H17ClN2OS/c1-13-15(20)6-4-8-16(13)21-18(23)11-12-24-19-10-9-14-5-2-3-7-17(14)22-19/h2-10H,11-12H2,1H3,(H,21,23). The molecule has 0 radical (unpaired) electrons. The van der Waals surface area contributed by atoms with Gasteiger partial charge in [0.1, 0.15) is 0 Å². The maximum Gasteiger partial charge on any atom is 0.225 e. The Bertz CT molecular complexity index is 882. The molecule has 24 heavy (non-hydrogen) atoms. The largest absolute Gasteiger partial charge is 0.326 e. The maximum atomic E-state index is 12.1. The number of halogens is 1. The zero-order chi connectivity index (χ0) is 16.9. The number of carbonyl (C=O) groups is 1. The summed E-state index contributed by atoms with van der Waals surface area (Å²) in [4.78, 5) is 16.7. The number of amides is 1. The first-order valence-corrected chi connectivity index (χ1v) is 9.03. The van der Waals surface area contributed by atoms with Crippen LogP contribution < -0.4 is 5.32 Å². The van der Waals surface area contributed by atoms with Gasteiger partial charge in [-0.2, -0.15) is 0 Å². The summed E-state index contributed by atoms with van der Waals surface area (Å²) in [6.45, 7) is 1.89. The van der Waals surface area contributed by atoms with Gasteiger partial charge in [0.25, 0.3) is 0 Å². The molecule has 3 rings (SSSR count). The minimum atomic E-state index is -0.0198. The van der Waals surface area contributed by atoms with Crippen LogP contribution in [0.3, 0.4) is 0 Å². The van der Waals surface area contributed by atoms with E-state index in [0.717, 1.165) is 27.2 Å². The molecule has 3 nitrogen and oxygen atoms in total. The molecule has 0 aliphatic carbocycles. The highest BCUT2D eigenvalue weighted by Crippen LogP contribution is 2.24. The third kappa shape index (κ3) is 4.08. The molecule has 0 saturated heterocycles. The van der Waals surface area contributed by atoms with E-state index in [9.17, 15) is 4.79 Å². The summed E-state index contributed by atoms with van der Waals surface area (Å²) in [5.41, 5.74) is 2.62. The van der Waals surface area contributed by atoms with Crippen molar-refractivity contribution < 1.29 is 4.79 Å². The first-order chi connectivity index (χ1) is 11.6. The molecule has 1 N–H and O–H groups in total. The predicted molar refractivity (Wildman–Crippen MR) is 102 cm³/mol. The van der Waals surface area contributed by atoms with Gasteiger partial charge in [-0.1, -0.05) is 41.9 Å². The maximum absolute atomic E-state index is 12.1. The van der Waals surface area contributed by atoms with Gasteiger partial charge in [-0.3, -0.25) is 4.79 Å². The lowest BCUT2D eigenvalue weighted by molar-refractivity contribution is -0.115. The monoisotopic (exact) mass is 356 g/mol. The summed E-state index contributed by atoms with van der Waals surface area (Å²) >= 11 is 7.65. The van der Waals surface area contributed by atoms with Gasteiger partial charge in [-0.15, -0.1) is 11.8 Å². The van der Waals surface area contributed by atoms with Crippen molar-refractivity contribution in [3.05, 3.63) is 65.2 Å². The van der Waals surface area contributed by atoms with E-state index in [2.05, 4.69) is 16.4 Å². The van der Waals surface area contributed by atoms with Gasteiger partial charge < -0.3 is 5.32 Å². The summed E-state index contributed by atoms with van der Waals surface area (Å²) in [7, 11) is 0. The SMILES string of the molecule is Cc1c(Cl)cccc1NC(=O)CCSc1ccc2ccccc2n1. The molecule has 0 saturated carbocycles. The van der Waals surface area contributed by atoms with E-state index in [-0.39, 0.29) is 5.91 Å². The normalized spacial score (nSPS) is 10.8. The Hall–Kier alpha value is -2.04. The topological polar surface area (TPSA) is 42.0 Å². The molecule has 0 aliphatic rings. The molecule has 1 amide bonds. The number of aromatic nitrogens is 1. The highest BCUT2D eigenvalue weighted by atomic mass is 35.5. The molecule has 0 unspecified atom stereocenters. The predicted octanol–water partition coefficient (Wildman–Crippen LogP) is 5.32. The van der Waals surface area contributed by atoms with E-state index in [1.165, 1.54) is 0 Å². The van der Waals surface area contributed by atoms with E-state index in [1.807, 2.05) is 55.5 Å². The van der Waals surface area contributed by atoms with Gasteiger partial charge in [0.15, 0.2) is 0 Å². The molecule has 0 bridgehead atoms. The summed E-state index contributed by atoms with van der Waals surface area (Å²) in [6, 6.07) is 17.6. The minimum absolute atomic E-state index is 0.0198. The number of pyridine rings is 1. The number of rotatable bonds is 5. The van der Waals surface area contributed by atoms with Crippen LogP contribution in [0.1, 0.15) is 12.0 Å². The number of nitrogens with zero attached hydrogens (tertiary/aromatic N) is 1. The number of hydrogen-bond donors (Lipinski definition) is 1. The number of anilines is 1. The number of para-hydroxylation sites is 1. The van der Waals surface area contributed by atoms with Gasteiger partial charge in [-0.05, 0) is 36.8 Å². The molecule has 122 valence electrons. The molecule has 0 spiro atoms. The lowest BCUT2D eigenvalue weighted by atomic mass is 10.2. The molecule has 0 aliphatic heterocycles. The minimum Gasteiger partial charge on any atom is -0.326 e. The number of thioether (sulfide) groups is 1. The van der Waals surface area contributed by atoms with Crippen molar-refractivity contribution in [1.29, 1.82) is 0 Å². The van der Waals surface area contributed by atoms with Gasteiger partial charge in [0.2, 0.25) is 5.91 Å². The van der Waals surface area contributed by atoms with Crippen molar-refractivity contribution in [2.45, 2.75) is 18.4 Å². The van der Waals surface area contributed by atoms with Crippen molar-refractivity contribution in [3.8, 4) is 0 Å². The van der Waals surface area contributed by atoms with Crippen LogP contribution in [-0.4, -0.2) is 16.6 Å². The van der Waals surface area contributed by atoms with Gasteiger partial charge in [0.05, 0.1) is 10.5 Å². The number of fused-ring (bicyclic) bond motifs is 1. The molecule has 5 heteroatoms.